The Labute approximate surface area is 209 Å². The predicted octanol–water partition coefficient (Wildman–Crippen LogP) is 4.50. The van der Waals surface area contributed by atoms with Crippen LogP contribution in [0.15, 0.2) is 76.7 Å². The van der Waals surface area contributed by atoms with Crippen molar-refractivity contribution in [1.29, 1.82) is 0 Å². The van der Waals surface area contributed by atoms with Crippen LogP contribution >= 0.6 is 0 Å². The van der Waals surface area contributed by atoms with Gasteiger partial charge in [0.25, 0.3) is 0 Å². The molecule has 0 spiro atoms. The maximum absolute atomic E-state index is 13.2. The van der Waals surface area contributed by atoms with E-state index in [0.29, 0.717) is 11.3 Å². The molecule has 0 amide bonds. The largest absolute Gasteiger partial charge is 0.455 e. The van der Waals surface area contributed by atoms with Crippen LogP contribution in [0.5, 0.6) is 11.5 Å². The molecule has 0 bridgehead atoms. The molecule has 0 aliphatic carbocycles. The summed E-state index contributed by atoms with van der Waals surface area (Å²) >= 11 is 0. The van der Waals surface area contributed by atoms with Gasteiger partial charge < -0.3 is 9.30 Å². The second kappa shape index (κ2) is 9.36. The summed E-state index contributed by atoms with van der Waals surface area (Å²) in [5.74, 6) is -0.314. The lowest BCUT2D eigenvalue weighted by Gasteiger charge is -2.13. The standard InChI is InChI=1S/C25H21NO8S2/c1-16-8-9-17(14-23(16)35(28,29)32-3)25(27)18-10-11-22(24(15-18)36(30,31)33-4)34-21-7-5-6-20-19(21)12-13-26(20)2/h5-15H,3-4H2,1-2H3/q+2. The maximum atomic E-state index is 13.2. The molecular weight excluding hydrogens is 506 g/mol. The van der Waals surface area contributed by atoms with E-state index in [1.807, 2.05) is 29.9 Å². The molecule has 0 N–H and O–H groups in total. The summed E-state index contributed by atoms with van der Waals surface area (Å²) in [6, 6.07) is 15.0. The zero-order valence-electron chi connectivity index (χ0n) is 19.3. The molecule has 3 aromatic carbocycles. The van der Waals surface area contributed by atoms with Crippen LogP contribution in [0.1, 0.15) is 21.5 Å². The highest BCUT2D eigenvalue weighted by atomic mass is 32.2. The molecule has 0 fully saturated rings. The minimum absolute atomic E-state index is 0.00200. The third kappa shape index (κ3) is 4.56. The van der Waals surface area contributed by atoms with Gasteiger partial charge in [-0.25, -0.2) is 0 Å². The second-order valence-electron chi connectivity index (χ2n) is 7.83. The lowest BCUT2D eigenvalue weighted by atomic mass is 10.0. The van der Waals surface area contributed by atoms with Gasteiger partial charge in [-0.3, -0.25) is 4.79 Å². The number of fused-ring (bicyclic) bond motifs is 1. The fourth-order valence-corrected chi connectivity index (χ4v) is 5.33. The van der Waals surface area contributed by atoms with E-state index < -0.39 is 30.9 Å². The van der Waals surface area contributed by atoms with E-state index in [4.69, 9.17) is 4.74 Å². The Balaban J connectivity index is 1.80. The van der Waals surface area contributed by atoms with Crippen LogP contribution in [-0.2, 0) is 35.7 Å². The molecule has 1 heterocycles. The Bertz CT molecular complexity index is 1700. The second-order valence-corrected chi connectivity index (χ2v) is 11.0. The van der Waals surface area contributed by atoms with E-state index in [1.54, 1.807) is 12.1 Å². The van der Waals surface area contributed by atoms with Crippen LogP contribution in [0.3, 0.4) is 0 Å². The van der Waals surface area contributed by atoms with Gasteiger partial charge in [0.2, 0.25) is 14.2 Å². The van der Waals surface area contributed by atoms with Crippen LogP contribution in [0.2, 0.25) is 0 Å². The van der Waals surface area contributed by atoms with E-state index >= 15 is 0 Å². The van der Waals surface area contributed by atoms with Crippen molar-refractivity contribution in [2.45, 2.75) is 16.7 Å². The Morgan fingerprint density at radius 2 is 1.42 bits per heavy atom. The van der Waals surface area contributed by atoms with Crippen molar-refractivity contribution in [2.24, 2.45) is 7.05 Å². The molecule has 4 aromatic rings. The molecule has 0 aliphatic rings. The van der Waals surface area contributed by atoms with E-state index in [9.17, 15) is 21.6 Å². The third-order valence-electron chi connectivity index (χ3n) is 5.61. The number of carbonyl (C=O) groups excluding carboxylic acids is 1. The van der Waals surface area contributed by atoms with Crippen LogP contribution in [0, 0.1) is 21.1 Å². The number of hydrogen-bond acceptors (Lipinski definition) is 8. The quantitative estimate of drug-likeness (QED) is 0.187. The van der Waals surface area contributed by atoms with E-state index in [1.165, 1.54) is 31.2 Å². The predicted molar refractivity (Wildman–Crippen MR) is 131 cm³/mol. The molecule has 0 saturated carbocycles. The normalized spacial score (nSPS) is 12.1. The number of aryl methyl sites for hydroxylation is 2. The van der Waals surface area contributed by atoms with Gasteiger partial charge in [-0.15, -0.1) is 0 Å². The molecule has 11 heteroatoms. The molecule has 184 valence electrons. The zero-order valence-corrected chi connectivity index (χ0v) is 20.9. The summed E-state index contributed by atoms with van der Waals surface area (Å²) in [6.45, 7) is 1.54. The van der Waals surface area contributed by atoms with Gasteiger partial charge in [0.15, 0.2) is 5.78 Å². The Morgan fingerprint density at radius 3 is 2.08 bits per heavy atom. The lowest BCUT2D eigenvalue weighted by Crippen LogP contribution is -2.10. The van der Waals surface area contributed by atoms with Gasteiger partial charge in [-0.05, 0) is 55.0 Å². The maximum Gasteiger partial charge on any atom is 0.338 e. The molecule has 0 aliphatic heterocycles. The summed E-state index contributed by atoms with van der Waals surface area (Å²) in [6.07, 6.45) is 1.84. The number of rotatable bonds is 8. The van der Waals surface area contributed by atoms with Crippen molar-refractivity contribution in [3.05, 3.63) is 97.8 Å². The molecule has 4 rings (SSSR count). The average Bonchev–Trinajstić information content (AvgIpc) is 3.25. The number of ketones is 1. The van der Waals surface area contributed by atoms with E-state index in [0.717, 1.165) is 23.0 Å². The van der Waals surface area contributed by atoms with Crippen molar-refractivity contribution in [3.63, 3.8) is 0 Å². The summed E-state index contributed by atoms with van der Waals surface area (Å²) in [5.41, 5.74) is 1.17. The van der Waals surface area contributed by atoms with Crippen molar-refractivity contribution in [3.8, 4) is 11.5 Å². The van der Waals surface area contributed by atoms with Crippen LogP contribution < -0.4 is 4.74 Å². The zero-order chi connectivity index (χ0) is 26.3. The minimum Gasteiger partial charge on any atom is -0.455 e. The van der Waals surface area contributed by atoms with Gasteiger partial charge >= 0.3 is 20.2 Å². The van der Waals surface area contributed by atoms with Gasteiger partial charge in [-0.1, -0.05) is 26.6 Å². The summed E-state index contributed by atoms with van der Waals surface area (Å²) in [7, 11) is -0.747. The number of ether oxygens (including phenoxy) is 1. The van der Waals surface area contributed by atoms with E-state index in [2.05, 4.69) is 22.6 Å². The van der Waals surface area contributed by atoms with Gasteiger partial charge in [0.05, 0.1) is 5.52 Å². The topological polar surface area (TPSA) is 118 Å². The highest BCUT2D eigenvalue weighted by Gasteiger charge is 2.27. The summed E-state index contributed by atoms with van der Waals surface area (Å²) in [4.78, 5) is 12.5. The number of hydrogen-bond donors (Lipinski definition) is 0. The van der Waals surface area contributed by atoms with Crippen molar-refractivity contribution in [2.75, 3.05) is 0 Å². The fraction of sp³-hybridized carbons (Fsp3) is 0.0800. The number of aromatic nitrogens is 1. The Kier molecular flexibility index (Phi) is 6.58. The summed E-state index contributed by atoms with van der Waals surface area (Å²) in [5, 5.41) is 0.750. The van der Waals surface area contributed by atoms with Gasteiger partial charge in [0.1, 0.15) is 21.3 Å². The van der Waals surface area contributed by atoms with Gasteiger partial charge in [-0.2, -0.15) is 16.8 Å². The monoisotopic (exact) mass is 527 g/mol. The number of nitrogens with zero attached hydrogens (tertiary/aromatic N) is 1. The molecule has 0 radical (unpaired) electrons. The minimum atomic E-state index is -4.39. The third-order valence-corrected chi connectivity index (χ3v) is 8.07. The van der Waals surface area contributed by atoms with Crippen molar-refractivity contribution < 1.29 is 34.7 Å². The molecule has 1 aromatic heterocycles. The lowest BCUT2D eigenvalue weighted by molar-refractivity contribution is 0.103. The first-order chi connectivity index (χ1) is 17.0. The molecule has 0 saturated heterocycles. The fourth-order valence-electron chi connectivity index (χ4n) is 3.71. The molecule has 36 heavy (non-hydrogen) atoms. The molecule has 0 unspecified atom stereocenters. The first-order valence-electron chi connectivity index (χ1n) is 10.4. The Hall–Kier alpha value is -3.77. The molecule has 0 atom stereocenters. The van der Waals surface area contributed by atoms with Crippen LogP contribution in [-0.4, -0.2) is 27.2 Å². The summed E-state index contributed by atoms with van der Waals surface area (Å²) < 4.78 is 66.3. The highest BCUT2D eigenvalue weighted by molar-refractivity contribution is 7.87. The first kappa shape index (κ1) is 25.3. The van der Waals surface area contributed by atoms with E-state index in [-0.39, 0.29) is 21.8 Å². The van der Waals surface area contributed by atoms with Gasteiger partial charge in [0, 0.05) is 29.8 Å². The van der Waals surface area contributed by atoms with Crippen LogP contribution in [0.4, 0.5) is 0 Å². The molecule has 9 nitrogen and oxygen atoms in total. The molecular formula is C25H21NO8S2+2. The van der Waals surface area contributed by atoms with Crippen molar-refractivity contribution >= 4 is 36.9 Å². The Morgan fingerprint density at radius 1 is 0.806 bits per heavy atom. The number of carbonyl (C=O) groups is 1. The number of benzene rings is 3. The average molecular weight is 528 g/mol. The first-order valence-corrected chi connectivity index (χ1v) is 13.2. The SMILES string of the molecule is [CH2+]OS(=O)(=O)c1cc(C(=O)c2ccc(Oc3cccc4c3ccn4C)c(S(=O)(=O)O[CH2+])c2)ccc1C. The smallest absolute Gasteiger partial charge is 0.338 e. The van der Waals surface area contributed by atoms with Crippen molar-refractivity contribution in [1.82, 2.24) is 4.57 Å². The van der Waals surface area contributed by atoms with Crippen LogP contribution in [0.25, 0.3) is 10.9 Å². The highest BCUT2D eigenvalue weighted by Crippen LogP contribution is 2.35.